The summed E-state index contributed by atoms with van der Waals surface area (Å²) in [6, 6.07) is 5.97. The van der Waals surface area contributed by atoms with E-state index < -0.39 is 0 Å². The molecule has 0 aliphatic heterocycles. The van der Waals surface area contributed by atoms with Crippen molar-refractivity contribution < 1.29 is 0 Å². The molecule has 0 amide bonds. The topological polar surface area (TPSA) is 56.7 Å². The second kappa shape index (κ2) is 5.29. The standard InChI is InChI=1S/C11H12Br2N4/c1-2-17-10(6-14)15-16-11(17)8-5-7(12)3-4-9(8)13/h3-5H,2,6,14H2,1H3. The summed E-state index contributed by atoms with van der Waals surface area (Å²) >= 11 is 6.99. The number of nitrogens with zero attached hydrogens (tertiary/aromatic N) is 3. The van der Waals surface area contributed by atoms with Gasteiger partial charge in [-0.05, 0) is 25.1 Å². The molecule has 2 rings (SSSR count). The molecule has 0 aliphatic rings. The van der Waals surface area contributed by atoms with Crippen molar-refractivity contribution >= 4 is 31.9 Å². The Labute approximate surface area is 116 Å². The first-order valence-corrected chi connectivity index (χ1v) is 6.83. The Morgan fingerprint density at radius 1 is 1.29 bits per heavy atom. The molecular formula is C11H12Br2N4. The van der Waals surface area contributed by atoms with Gasteiger partial charge in [-0.3, -0.25) is 0 Å². The van der Waals surface area contributed by atoms with Crippen LogP contribution in [0.25, 0.3) is 11.4 Å². The first-order valence-electron chi connectivity index (χ1n) is 5.25. The van der Waals surface area contributed by atoms with E-state index in [-0.39, 0.29) is 0 Å². The molecule has 0 atom stereocenters. The summed E-state index contributed by atoms with van der Waals surface area (Å²) in [5.41, 5.74) is 6.65. The molecule has 2 N–H and O–H groups in total. The van der Waals surface area contributed by atoms with Gasteiger partial charge in [0.15, 0.2) is 5.82 Å². The molecular weight excluding hydrogens is 348 g/mol. The van der Waals surface area contributed by atoms with E-state index in [4.69, 9.17) is 5.73 Å². The van der Waals surface area contributed by atoms with Crippen LogP contribution in [0.4, 0.5) is 0 Å². The number of aromatic nitrogens is 3. The van der Waals surface area contributed by atoms with Crippen molar-refractivity contribution in [2.24, 2.45) is 5.73 Å². The summed E-state index contributed by atoms with van der Waals surface area (Å²) in [6.07, 6.45) is 0. The minimum absolute atomic E-state index is 0.395. The number of nitrogens with two attached hydrogens (primary N) is 1. The van der Waals surface area contributed by atoms with Gasteiger partial charge in [0.2, 0.25) is 0 Å². The van der Waals surface area contributed by atoms with E-state index >= 15 is 0 Å². The molecule has 0 bridgehead atoms. The van der Waals surface area contributed by atoms with E-state index in [2.05, 4.69) is 49.0 Å². The smallest absolute Gasteiger partial charge is 0.165 e. The summed E-state index contributed by atoms with van der Waals surface area (Å²) in [5.74, 6) is 1.63. The largest absolute Gasteiger partial charge is 0.324 e. The van der Waals surface area contributed by atoms with Crippen LogP contribution in [-0.2, 0) is 13.1 Å². The highest BCUT2D eigenvalue weighted by atomic mass is 79.9. The maximum atomic E-state index is 5.64. The summed E-state index contributed by atoms with van der Waals surface area (Å²) in [6.45, 7) is 3.25. The lowest BCUT2D eigenvalue weighted by atomic mass is 10.2. The molecule has 0 radical (unpaired) electrons. The van der Waals surface area contributed by atoms with Gasteiger partial charge in [-0.1, -0.05) is 31.9 Å². The van der Waals surface area contributed by atoms with Gasteiger partial charge < -0.3 is 10.3 Å². The van der Waals surface area contributed by atoms with Crippen molar-refractivity contribution in [2.75, 3.05) is 0 Å². The number of hydrogen-bond donors (Lipinski definition) is 1. The van der Waals surface area contributed by atoms with Crippen LogP contribution in [0.5, 0.6) is 0 Å². The third-order valence-electron chi connectivity index (χ3n) is 2.50. The molecule has 0 unspecified atom stereocenters. The fourth-order valence-electron chi connectivity index (χ4n) is 1.69. The van der Waals surface area contributed by atoms with E-state index in [1.165, 1.54) is 0 Å². The zero-order valence-corrected chi connectivity index (χ0v) is 12.5. The lowest BCUT2D eigenvalue weighted by Gasteiger charge is -2.08. The number of rotatable bonds is 3. The van der Waals surface area contributed by atoms with Gasteiger partial charge in [0, 0.05) is 21.1 Å². The van der Waals surface area contributed by atoms with E-state index in [9.17, 15) is 0 Å². The average Bonchev–Trinajstić information content (AvgIpc) is 2.74. The second-order valence-electron chi connectivity index (χ2n) is 3.51. The zero-order valence-electron chi connectivity index (χ0n) is 9.32. The van der Waals surface area contributed by atoms with E-state index in [1.807, 2.05) is 22.8 Å². The van der Waals surface area contributed by atoms with Gasteiger partial charge in [0.25, 0.3) is 0 Å². The molecule has 0 saturated carbocycles. The van der Waals surface area contributed by atoms with Crippen LogP contribution in [0.15, 0.2) is 27.1 Å². The van der Waals surface area contributed by atoms with Crippen molar-refractivity contribution in [1.82, 2.24) is 14.8 Å². The molecule has 17 heavy (non-hydrogen) atoms. The fraction of sp³-hybridized carbons (Fsp3) is 0.273. The molecule has 1 aromatic heterocycles. The van der Waals surface area contributed by atoms with Crippen LogP contribution >= 0.6 is 31.9 Å². The zero-order chi connectivity index (χ0) is 12.4. The SMILES string of the molecule is CCn1c(CN)nnc1-c1cc(Br)ccc1Br. The maximum absolute atomic E-state index is 5.64. The van der Waals surface area contributed by atoms with Crippen molar-refractivity contribution in [3.8, 4) is 11.4 Å². The van der Waals surface area contributed by atoms with Crippen molar-refractivity contribution in [2.45, 2.75) is 20.0 Å². The van der Waals surface area contributed by atoms with Gasteiger partial charge in [-0.25, -0.2) is 0 Å². The maximum Gasteiger partial charge on any atom is 0.165 e. The predicted molar refractivity (Wildman–Crippen MR) is 74.4 cm³/mol. The van der Waals surface area contributed by atoms with Crippen LogP contribution in [0.3, 0.4) is 0 Å². The monoisotopic (exact) mass is 358 g/mol. The second-order valence-corrected chi connectivity index (χ2v) is 5.28. The van der Waals surface area contributed by atoms with E-state index in [1.54, 1.807) is 0 Å². The molecule has 6 heteroatoms. The molecule has 0 spiro atoms. The molecule has 0 fully saturated rings. The van der Waals surface area contributed by atoms with Gasteiger partial charge >= 0.3 is 0 Å². The Morgan fingerprint density at radius 3 is 2.71 bits per heavy atom. The van der Waals surface area contributed by atoms with E-state index in [0.717, 1.165) is 32.7 Å². The summed E-state index contributed by atoms with van der Waals surface area (Å²) in [5, 5.41) is 8.32. The fourth-order valence-corrected chi connectivity index (χ4v) is 2.47. The van der Waals surface area contributed by atoms with Crippen LogP contribution in [0.2, 0.25) is 0 Å². The highest BCUT2D eigenvalue weighted by Crippen LogP contribution is 2.30. The Bertz CT molecular complexity index is 536. The third kappa shape index (κ3) is 2.43. The molecule has 2 aromatic rings. The number of hydrogen-bond acceptors (Lipinski definition) is 3. The Balaban J connectivity index is 2.59. The molecule has 0 saturated heterocycles. The number of halogens is 2. The average molecular weight is 360 g/mol. The van der Waals surface area contributed by atoms with Crippen LogP contribution < -0.4 is 5.73 Å². The van der Waals surface area contributed by atoms with Gasteiger partial charge in [-0.15, -0.1) is 10.2 Å². The number of benzene rings is 1. The van der Waals surface area contributed by atoms with Gasteiger partial charge in [0.05, 0.1) is 6.54 Å². The lowest BCUT2D eigenvalue weighted by Crippen LogP contribution is -2.08. The Morgan fingerprint density at radius 2 is 2.06 bits per heavy atom. The van der Waals surface area contributed by atoms with Crippen molar-refractivity contribution in [3.05, 3.63) is 33.0 Å². The highest BCUT2D eigenvalue weighted by molar-refractivity contribution is 9.11. The third-order valence-corrected chi connectivity index (χ3v) is 3.68. The molecule has 90 valence electrons. The van der Waals surface area contributed by atoms with E-state index in [0.29, 0.717) is 6.54 Å². The van der Waals surface area contributed by atoms with Crippen molar-refractivity contribution in [3.63, 3.8) is 0 Å². The first kappa shape index (κ1) is 12.7. The quantitative estimate of drug-likeness (QED) is 0.916. The normalized spacial score (nSPS) is 10.8. The Hall–Kier alpha value is -0.720. The minimum atomic E-state index is 0.395. The summed E-state index contributed by atoms with van der Waals surface area (Å²) < 4.78 is 4.02. The highest BCUT2D eigenvalue weighted by Gasteiger charge is 2.14. The van der Waals surface area contributed by atoms with Crippen LogP contribution in [0, 0.1) is 0 Å². The van der Waals surface area contributed by atoms with Crippen LogP contribution in [-0.4, -0.2) is 14.8 Å². The van der Waals surface area contributed by atoms with Crippen LogP contribution in [0.1, 0.15) is 12.7 Å². The molecule has 1 heterocycles. The predicted octanol–water partition coefficient (Wildman–Crippen LogP) is 2.95. The summed E-state index contributed by atoms with van der Waals surface area (Å²) in [7, 11) is 0. The van der Waals surface area contributed by atoms with Crippen molar-refractivity contribution in [1.29, 1.82) is 0 Å². The molecule has 4 nitrogen and oxygen atoms in total. The van der Waals surface area contributed by atoms with Gasteiger partial charge in [-0.2, -0.15) is 0 Å². The minimum Gasteiger partial charge on any atom is -0.324 e. The first-order chi connectivity index (χ1) is 8.17. The summed E-state index contributed by atoms with van der Waals surface area (Å²) in [4.78, 5) is 0. The lowest BCUT2D eigenvalue weighted by molar-refractivity contribution is 0.704. The molecule has 1 aromatic carbocycles. The molecule has 0 aliphatic carbocycles. The Kier molecular flexibility index (Phi) is 3.96. The van der Waals surface area contributed by atoms with Gasteiger partial charge in [0.1, 0.15) is 5.82 Å².